The molecule has 0 bridgehead atoms. The molecule has 0 amide bonds. The van der Waals surface area contributed by atoms with Crippen molar-refractivity contribution in [3.05, 3.63) is 48.3 Å². The lowest BCUT2D eigenvalue weighted by Gasteiger charge is -2.34. The summed E-state index contributed by atoms with van der Waals surface area (Å²) in [6.45, 7) is 4.36. The molecule has 1 aromatic carbocycles. The van der Waals surface area contributed by atoms with E-state index in [1.165, 1.54) is 0 Å². The van der Waals surface area contributed by atoms with E-state index >= 15 is 0 Å². The molecule has 1 aliphatic rings. The van der Waals surface area contributed by atoms with Gasteiger partial charge in [-0.2, -0.15) is 5.10 Å². The van der Waals surface area contributed by atoms with E-state index < -0.39 is 5.97 Å². The van der Waals surface area contributed by atoms with E-state index in [-0.39, 0.29) is 5.92 Å². The number of carboxylic acid groups (broad SMARTS) is 1. The van der Waals surface area contributed by atoms with Crippen LogP contribution < -0.4 is 0 Å². The first-order valence-electron chi connectivity index (χ1n) is 7.67. The van der Waals surface area contributed by atoms with E-state index in [9.17, 15) is 9.90 Å². The molecule has 1 aromatic heterocycles. The van der Waals surface area contributed by atoms with Crippen molar-refractivity contribution in [1.29, 1.82) is 0 Å². The molecule has 0 saturated carbocycles. The Bertz CT molecular complexity index is 638. The molecule has 2 heterocycles. The molecule has 1 aliphatic heterocycles. The molecule has 116 valence electrons. The van der Waals surface area contributed by atoms with Crippen molar-refractivity contribution in [2.24, 2.45) is 11.8 Å². The van der Waals surface area contributed by atoms with Gasteiger partial charge >= 0.3 is 5.97 Å². The van der Waals surface area contributed by atoms with Gasteiger partial charge in [-0.1, -0.05) is 25.1 Å². The monoisotopic (exact) mass is 299 g/mol. The minimum Gasteiger partial charge on any atom is -0.481 e. The smallest absolute Gasteiger partial charge is 0.307 e. The van der Waals surface area contributed by atoms with Crippen LogP contribution in [0.4, 0.5) is 0 Å². The van der Waals surface area contributed by atoms with Crippen molar-refractivity contribution < 1.29 is 9.90 Å². The standard InChI is InChI=1S/C17H21N3O2/c1-13-9-14(17(21)22)11-19(10-13)12-15-7-8-20(18-15)16-5-3-2-4-6-16/h2-8,13-14H,9-12H2,1H3,(H,21,22). The Hall–Kier alpha value is -2.14. The molecule has 1 saturated heterocycles. The van der Waals surface area contributed by atoms with Crippen LogP contribution in [-0.2, 0) is 11.3 Å². The van der Waals surface area contributed by atoms with Gasteiger partial charge in [0.1, 0.15) is 0 Å². The third-order valence-corrected chi connectivity index (χ3v) is 4.14. The normalized spacial score (nSPS) is 22.6. The second-order valence-electron chi connectivity index (χ2n) is 6.16. The summed E-state index contributed by atoms with van der Waals surface area (Å²) in [5.41, 5.74) is 2.01. The Morgan fingerprint density at radius 3 is 2.77 bits per heavy atom. The molecular formula is C17H21N3O2. The first-order valence-corrected chi connectivity index (χ1v) is 7.67. The first-order chi connectivity index (χ1) is 10.6. The maximum atomic E-state index is 11.2. The highest BCUT2D eigenvalue weighted by molar-refractivity contribution is 5.70. The predicted octanol–water partition coefficient (Wildman–Crippen LogP) is 2.41. The summed E-state index contributed by atoms with van der Waals surface area (Å²) in [5.74, 6) is -0.544. The lowest BCUT2D eigenvalue weighted by Crippen LogP contribution is -2.42. The van der Waals surface area contributed by atoms with E-state index in [0.717, 1.165) is 24.3 Å². The van der Waals surface area contributed by atoms with Gasteiger partial charge in [0.25, 0.3) is 0 Å². The summed E-state index contributed by atoms with van der Waals surface area (Å²) in [5, 5.41) is 13.8. The number of piperidine rings is 1. The van der Waals surface area contributed by atoms with Gasteiger partial charge in [-0.25, -0.2) is 4.68 Å². The molecule has 3 rings (SSSR count). The summed E-state index contributed by atoms with van der Waals surface area (Å²) >= 11 is 0. The van der Waals surface area contributed by atoms with Gasteiger partial charge in [-0.05, 0) is 30.5 Å². The topological polar surface area (TPSA) is 58.4 Å². The molecule has 2 atom stereocenters. The average molecular weight is 299 g/mol. The third-order valence-electron chi connectivity index (χ3n) is 4.14. The predicted molar refractivity (Wildman–Crippen MR) is 83.7 cm³/mol. The van der Waals surface area contributed by atoms with Gasteiger partial charge in [0, 0.05) is 25.8 Å². The fraction of sp³-hybridized carbons (Fsp3) is 0.412. The van der Waals surface area contributed by atoms with Crippen LogP contribution >= 0.6 is 0 Å². The lowest BCUT2D eigenvalue weighted by atomic mass is 9.90. The van der Waals surface area contributed by atoms with Gasteiger partial charge in [0.15, 0.2) is 0 Å². The molecular weight excluding hydrogens is 278 g/mol. The van der Waals surface area contributed by atoms with Crippen LogP contribution in [0, 0.1) is 11.8 Å². The molecule has 2 unspecified atom stereocenters. The SMILES string of the molecule is CC1CC(C(=O)O)CN(Cc2ccn(-c3ccccc3)n2)C1. The van der Waals surface area contributed by atoms with Gasteiger partial charge in [0.05, 0.1) is 17.3 Å². The number of rotatable bonds is 4. The lowest BCUT2D eigenvalue weighted by molar-refractivity contribution is -0.144. The van der Waals surface area contributed by atoms with Crippen molar-refractivity contribution in [3.8, 4) is 5.69 Å². The Balaban J connectivity index is 1.68. The molecule has 0 spiro atoms. The highest BCUT2D eigenvalue weighted by Gasteiger charge is 2.29. The molecule has 1 fully saturated rings. The zero-order chi connectivity index (χ0) is 15.5. The fourth-order valence-corrected chi connectivity index (χ4v) is 3.17. The summed E-state index contributed by atoms with van der Waals surface area (Å²) in [6, 6.07) is 12.0. The van der Waals surface area contributed by atoms with E-state index in [1.807, 2.05) is 47.3 Å². The van der Waals surface area contributed by atoms with Crippen LogP contribution in [0.1, 0.15) is 19.0 Å². The molecule has 2 aromatic rings. The van der Waals surface area contributed by atoms with Crippen molar-refractivity contribution in [3.63, 3.8) is 0 Å². The minimum atomic E-state index is -0.689. The number of hydrogen-bond acceptors (Lipinski definition) is 3. The van der Waals surface area contributed by atoms with Crippen molar-refractivity contribution in [2.75, 3.05) is 13.1 Å². The highest BCUT2D eigenvalue weighted by Crippen LogP contribution is 2.23. The number of benzene rings is 1. The number of aromatic nitrogens is 2. The van der Waals surface area contributed by atoms with Crippen LogP contribution in [0.2, 0.25) is 0 Å². The number of aliphatic carboxylic acids is 1. The number of para-hydroxylation sites is 1. The van der Waals surface area contributed by atoms with Crippen molar-refractivity contribution in [2.45, 2.75) is 19.9 Å². The van der Waals surface area contributed by atoms with Crippen LogP contribution in [0.25, 0.3) is 5.69 Å². The summed E-state index contributed by atoms with van der Waals surface area (Å²) < 4.78 is 1.86. The number of carboxylic acids is 1. The van der Waals surface area contributed by atoms with Crippen LogP contribution in [-0.4, -0.2) is 38.8 Å². The number of hydrogen-bond donors (Lipinski definition) is 1. The van der Waals surface area contributed by atoms with Crippen molar-refractivity contribution in [1.82, 2.24) is 14.7 Å². The molecule has 0 radical (unpaired) electrons. The Labute approximate surface area is 130 Å². The second kappa shape index (κ2) is 6.32. The summed E-state index contributed by atoms with van der Waals surface area (Å²) in [7, 11) is 0. The van der Waals surface area contributed by atoms with Crippen LogP contribution in [0.3, 0.4) is 0 Å². The summed E-state index contributed by atoms with van der Waals surface area (Å²) in [4.78, 5) is 13.4. The van der Waals surface area contributed by atoms with Crippen molar-refractivity contribution >= 4 is 5.97 Å². The number of likely N-dealkylation sites (tertiary alicyclic amines) is 1. The van der Waals surface area contributed by atoms with E-state index in [2.05, 4.69) is 16.9 Å². The molecule has 5 nitrogen and oxygen atoms in total. The maximum Gasteiger partial charge on any atom is 0.307 e. The van der Waals surface area contributed by atoms with Gasteiger partial charge < -0.3 is 5.11 Å². The molecule has 1 N–H and O–H groups in total. The third kappa shape index (κ3) is 3.36. The van der Waals surface area contributed by atoms with E-state index in [0.29, 0.717) is 19.0 Å². The Morgan fingerprint density at radius 2 is 2.05 bits per heavy atom. The Kier molecular flexibility index (Phi) is 4.24. The first kappa shape index (κ1) is 14.8. The molecule has 5 heteroatoms. The highest BCUT2D eigenvalue weighted by atomic mass is 16.4. The van der Waals surface area contributed by atoms with Gasteiger partial charge in [-0.15, -0.1) is 0 Å². The number of nitrogens with zero attached hydrogens (tertiary/aromatic N) is 3. The largest absolute Gasteiger partial charge is 0.481 e. The quantitative estimate of drug-likeness (QED) is 0.942. The zero-order valence-electron chi connectivity index (χ0n) is 12.7. The fourth-order valence-electron chi connectivity index (χ4n) is 3.17. The Morgan fingerprint density at radius 1 is 1.27 bits per heavy atom. The van der Waals surface area contributed by atoms with Gasteiger partial charge in [-0.3, -0.25) is 9.69 Å². The van der Waals surface area contributed by atoms with E-state index in [4.69, 9.17) is 0 Å². The molecule has 22 heavy (non-hydrogen) atoms. The minimum absolute atomic E-state index is 0.264. The second-order valence-corrected chi connectivity index (χ2v) is 6.16. The zero-order valence-corrected chi connectivity index (χ0v) is 12.7. The average Bonchev–Trinajstić information content (AvgIpc) is 2.96. The van der Waals surface area contributed by atoms with Gasteiger partial charge in [0.2, 0.25) is 0 Å². The van der Waals surface area contributed by atoms with Crippen LogP contribution in [0.5, 0.6) is 0 Å². The summed E-state index contributed by atoms with van der Waals surface area (Å²) in [6.07, 6.45) is 2.72. The van der Waals surface area contributed by atoms with E-state index in [1.54, 1.807) is 0 Å². The maximum absolute atomic E-state index is 11.2. The van der Waals surface area contributed by atoms with Crippen LogP contribution in [0.15, 0.2) is 42.6 Å². The number of carbonyl (C=O) groups is 1. The molecule has 0 aliphatic carbocycles.